The third kappa shape index (κ3) is 5.64. The van der Waals surface area contributed by atoms with Gasteiger partial charge in [0.25, 0.3) is 0 Å². The number of hydrogen-bond acceptors (Lipinski definition) is 2. The number of carbonyl (C=O) groups excluding carboxylic acids is 1. The lowest BCUT2D eigenvalue weighted by atomic mass is 10.1. The summed E-state index contributed by atoms with van der Waals surface area (Å²) in [6.45, 7) is 6.15. The summed E-state index contributed by atoms with van der Waals surface area (Å²) < 4.78 is 0. The molecule has 0 saturated heterocycles. The molecule has 0 aliphatic heterocycles. The number of rotatable bonds is 6. The zero-order valence-corrected chi connectivity index (χ0v) is 8.97. The lowest BCUT2D eigenvalue weighted by molar-refractivity contribution is -0.123. The van der Waals surface area contributed by atoms with Crippen molar-refractivity contribution in [2.45, 2.75) is 58.5 Å². The minimum atomic E-state index is -0.329. The Balaban J connectivity index is 3.71. The van der Waals surface area contributed by atoms with Crippen LogP contribution in [0.4, 0.5) is 0 Å². The van der Waals surface area contributed by atoms with Gasteiger partial charge in [-0.25, -0.2) is 0 Å². The molecule has 0 fully saturated rings. The van der Waals surface area contributed by atoms with Crippen molar-refractivity contribution < 1.29 is 4.79 Å². The van der Waals surface area contributed by atoms with Gasteiger partial charge in [-0.2, -0.15) is 0 Å². The van der Waals surface area contributed by atoms with Gasteiger partial charge in [-0.1, -0.05) is 26.7 Å². The van der Waals surface area contributed by atoms with Crippen molar-refractivity contribution in [2.24, 2.45) is 5.73 Å². The van der Waals surface area contributed by atoms with E-state index < -0.39 is 0 Å². The van der Waals surface area contributed by atoms with Crippen LogP contribution in [0.1, 0.15) is 46.5 Å². The van der Waals surface area contributed by atoms with Gasteiger partial charge in [0, 0.05) is 6.04 Å². The Morgan fingerprint density at radius 2 is 1.85 bits per heavy atom. The first kappa shape index (κ1) is 12.4. The van der Waals surface area contributed by atoms with E-state index in [1.807, 2.05) is 13.8 Å². The molecule has 0 aromatic carbocycles. The van der Waals surface area contributed by atoms with E-state index in [0.29, 0.717) is 0 Å². The number of hydrogen-bond donors (Lipinski definition) is 2. The molecular formula is C10H22N2O. The Morgan fingerprint density at radius 1 is 1.31 bits per heavy atom. The summed E-state index contributed by atoms with van der Waals surface area (Å²) in [5.41, 5.74) is 5.66. The monoisotopic (exact) mass is 186 g/mol. The molecule has 0 aliphatic rings. The van der Waals surface area contributed by atoms with Crippen molar-refractivity contribution in [3.8, 4) is 0 Å². The van der Waals surface area contributed by atoms with Crippen LogP contribution in [-0.4, -0.2) is 18.0 Å². The van der Waals surface area contributed by atoms with Gasteiger partial charge < -0.3 is 11.1 Å². The summed E-state index contributed by atoms with van der Waals surface area (Å²) in [5, 5.41) is 2.90. The summed E-state index contributed by atoms with van der Waals surface area (Å²) >= 11 is 0. The summed E-state index contributed by atoms with van der Waals surface area (Å²) in [4.78, 5) is 11.4. The van der Waals surface area contributed by atoms with Gasteiger partial charge in [0.1, 0.15) is 0 Å². The van der Waals surface area contributed by atoms with Crippen LogP contribution in [0.3, 0.4) is 0 Å². The predicted octanol–water partition coefficient (Wildman–Crippen LogP) is 1.42. The third-order valence-electron chi connectivity index (χ3n) is 2.05. The topological polar surface area (TPSA) is 55.1 Å². The standard InChI is InChI=1S/C10H22N2O/c1-4-6-8(3)12-10(13)9(11)7-5-2/h8-9H,4-7,11H2,1-3H3,(H,12,13)/t8?,9-/m1/s1. The van der Waals surface area contributed by atoms with Crippen LogP contribution in [-0.2, 0) is 4.79 Å². The van der Waals surface area contributed by atoms with Crippen molar-refractivity contribution in [1.29, 1.82) is 0 Å². The number of nitrogens with two attached hydrogens (primary N) is 1. The van der Waals surface area contributed by atoms with Gasteiger partial charge in [-0.3, -0.25) is 4.79 Å². The lowest BCUT2D eigenvalue weighted by Gasteiger charge is -2.16. The van der Waals surface area contributed by atoms with E-state index in [0.717, 1.165) is 25.7 Å². The highest BCUT2D eigenvalue weighted by Crippen LogP contribution is 1.97. The van der Waals surface area contributed by atoms with Gasteiger partial charge in [0.05, 0.1) is 6.04 Å². The summed E-state index contributed by atoms with van der Waals surface area (Å²) in [7, 11) is 0. The Hall–Kier alpha value is -0.570. The highest BCUT2D eigenvalue weighted by Gasteiger charge is 2.13. The van der Waals surface area contributed by atoms with E-state index in [1.54, 1.807) is 0 Å². The van der Waals surface area contributed by atoms with Crippen molar-refractivity contribution in [3.63, 3.8) is 0 Å². The molecule has 13 heavy (non-hydrogen) atoms. The van der Waals surface area contributed by atoms with E-state index in [2.05, 4.69) is 12.2 Å². The first-order valence-electron chi connectivity index (χ1n) is 5.17. The van der Waals surface area contributed by atoms with Gasteiger partial charge in [0.2, 0.25) is 5.91 Å². The molecule has 0 rings (SSSR count). The average Bonchev–Trinajstić information content (AvgIpc) is 2.05. The zero-order chi connectivity index (χ0) is 10.3. The number of amides is 1. The van der Waals surface area contributed by atoms with E-state index >= 15 is 0 Å². The maximum absolute atomic E-state index is 11.4. The molecule has 2 atom stereocenters. The van der Waals surface area contributed by atoms with Crippen molar-refractivity contribution >= 4 is 5.91 Å². The maximum Gasteiger partial charge on any atom is 0.237 e. The average molecular weight is 186 g/mol. The van der Waals surface area contributed by atoms with Gasteiger partial charge in [-0.05, 0) is 19.8 Å². The second kappa shape index (κ2) is 6.89. The van der Waals surface area contributed by atoms with Crippen molar-refractivity contribution in [2.75, 3.05) is 0 Å². The highest BCUT2D eigenvalue weighted by molar-refractivity contribution is 5.81. The molecule has 0 aromatic rings. The molecule has 0 bridgehead atoms. The predicted molar refractivity (Wildman–Crippen MR) is 55.4 cm³/mol. The molecular weight excluding hydrogens is 164 g/mol. The molecule has 0 heterocycles. The molecule has 3 nitrogen and oxygen atoms in total. The fraction of sp³-hybridized carbons (Fsp3) is 0.900. The van der Waals surface area contributed by atoms with E-state index in [1.165, 1.54) is 0 Å². The smallest absolute Gasteiger partial charge is 0.237 e. The largest absolute Gasteiger partial charge is 0.352 e. The number of nitrogens with one attached hydrogen (secondary N) is 1. The fourth-order valence-electron chi connectivity index (χ4n) is 1.30. The van der Waals surface area contributed by atoms with Gasteiger partial charge in [0.15, 0.2) is 0 Å². The van der Waals surface area contributed by atoms with E-state index in [9.17, 15) is 4.79 Å². The quantitative estimate of drug-likeness (QED) is 0.659. The van der Waals surface area contributed by atoms with Crippen LogP contribution in [0.2, 0.25) is 0 Å². The number of carbonyl (C=O) groups is 1. The highest BCUT2D eigenvalue weighted by atomic mass is 16.2. The third-order valence-corrected chi connectivity index (χ3v) is 2.05. The molecule has 0 radical (unpaired) electrons. The Labute approximate surface area is 81.1 Å². The van der Waals surface area contributed by atoms with Crippen LogP contribution >= 0.6 is 0 Å². The van der Waals surface area contributed by atoms with E-state index in [-0.39, 0.29) is 18.0 Å². The van der Waals surface area contributed by atoms with E-state index in [4.69, 9.17) is 5.73 Å². The second-order valence-electron chi connectivity index (χ2n) is 3.59. The van der Waals surface area contributed by atoms with Crippen LogP contribution in [0, 0.1) is 0 Å². The van der Waals surface area contributed by atoms with Crippen LogP contribution in [0.15, 0.2) is 0 Å². The molecule has 78 valence electrons. The molecule has 0 aromatic heterocycles. The summed E-state index contributed by atoms with van der Waals surface area (Å²) in [5.74, 6) is -0.0113. The SMILES string of the molecule is CCCC(C)NC(=O)[C@H](N)CCC. The van der Waals surface area contributed by atoms with Crippen LogP contribution in [0.5, 0.6) is 0 Å². The summed E-state index contributed by atoms with van der Waals surface area (Å²) in [6, 6.07) is -0.0790. The zero-order valence-electron chi connectivity index (χ0n) is 8.97. The maximum atomic E-state index is 11.4. The van der Waals surface area contributed by atoms with Crippen LogP contribution in [0.25, 0.3) is 0 Å². The molecule has 0 aliphatic carbocycles. The second-order valence-corrected chi connectivity index (χ2v) is 3.59. The Kier molecular flexibility index (Phi) is 6.59. The normalized spacial score (nSPS) is 15.1. The first-order chi connectivity index (χ1) is 6.11. The molecule has 0 spiro atoms. The molecule has 0 saturated carbocycles. The molecule has 1 unspecified atom stereocenters. The minimum Gasteiger partial charge on any atom is -0.352 e. The molecule has 1 amide bonds. The summed E-state index contributed by atoms with van der Waals surface area (Å²) in [6.07, 6.45) is 3.83. The fourth-order valence-corrected chi connectivity index (χ4v) is 1.30. The van der Waals surface area contributed by atoms with Gasteiger partial charge in [-0.15, -0.1) is 0 Å². The Morgan fingerprint density at radius 3 is 2.31 bits per heavy atom. The molecule has 3 heteroatoms. The lowest BCUT2D eigenvalue weighted by Crippen LogP contribution is -2.44. The molecule has 3 N–H and O–H groups in total. The van der Waals surface area contributed by atoms with Crippen LogP contribution < -0.4 is 11.1 Å². The first-order valence-corrected chi connectivity index (χ1v) is 5.17. The minimum absolute atomic E-state index is 0.0113. The van der Waals surface area contributed by atoms with Gasteiger partial charge >= 0.3 is 0 Å². The Bertz CT molecular complexity index is 148. The van der Waals surface area contributed by atoms with Crippen molar-refractivity contribution in [1.82, 2.24) is 5.32 Å². The van der Waals surface area contributed by atoms with Crippen molar-refractivity contribution in [3.05, 3.63) is 0 Å².